The van der Waals surface area contributed by atoms with Gasteiger partial charge in [-0.1, -0.05) is 6.92 Å². The van der Waals surface area contributed by atoms with E-state index in [0.717, 1.165) is 5.69 Å². The van der Waals surface area contributed by atoms with Gasteiger partial charge >= 0.3 is 5.97 Å². The standard InChI is InChI=1S/C8H10N2O2/c1-3-8(11)12-7-5-4-6(2)9-10-7/h4-5H,3H2,1-2H3. The van der Waals surface area contributed by atoms with Gasteiger partial charge in [-0.15, -0.1) is 5.10 Å². The lowest BCUT2D eigenvalue weighted by molar-refractivity contribution is -0.134. The molecule has 0 saturated carbocycles. The lowest BCUT2D eigenvalue weighted by Gasteiger charge is -1.99. The van der Waals surface area contributed by atoms with Gasteiger partial charge < -0.3 is 4.74 Å². The van der Waals surface area contributed by atoms with E-state index in [4.69, 9.17) is 4.74 Å². The summed E-state index contributed by atoms with van der Waals surface area (Å²) in [7, 11) is 0. The number of carbonyl (C=O) groups excluding carboxylic acids is 1. The minimum Gasteiger partial charge on any atom is -0.406 e. The zero-order valence-electron chi connectivity index (χ0n) is 7.07. The van der Waals surface area contributed by atoms with Crippen molar-refractivity contribution in [1.29, 1.82) is 0 Å². The summed E-state index contributed by atoms with van der Waals surface area (Å²) in [5, 5.41) is 7.41. The molecule has 12 heavy (non-hydrogen) atoms. The molecule has 4 heteroatoms. The summed E-state index contributed by atoms with van der Waals surface area (Å²) < 4.78 is 4.81. The number of rotatable bonds is 2. The molecule has 1 aromatic heterocycles. The van der Waals surface area contributed by atoms with Crippen molar-refractivity contribution in [2.45, 2.75) is 20.3 Å². The molecule has 64 valence electrons. The van der Waals surface area contributed by atoms with Crippen LogP contribution in [0.2, 0.25) is 0 Å². The van der Waals surface area contributed by atoms with Crippen LogP contribution in [0, 0.1) is 6.92 Å². The Morgan fingerprint density at radius 1 is 1.50 bits per heavy atom. The number of nitrogens with zero attached hydrogens (tertiary/aromatic N) is 2. The fourth-order valence-electron chi connectivity index (χ4n) is 0.630. The zero-order chi connectivity index (χ0) is 8.97. The van der Waals surface area contributed by atoms with E-state index in [9.17, 15) is 4.79 Å². The van der Waals surface area contributed by atoms with Crippen LogP contribution < -0.4 is 4.74 Å². The summed E-state index contributed by atoms with van der Waals surface area (Å²) in [4.78, 5) is 10.8. The maximum absolute atomic E-state index is 10.8. The summed E-state index contributed by atoms with van der Waals surface area (Å²) in [6.07, 6.45) is 0.343. The Labute approximate surface area is 70.6 Å². The van der Waals surface area contributed by atoms with Gasteiger partial charge in [0.15, 0.2) is 0 Å². The maximum Gasteiger partial charge on any atom is 0.312 e. The predicted octanol–water partition coefficient (Wildman–Crippen LogP) is 1.10. The van der Waals surface area contributed by atoms with Crippen LogP contribution in [0.4, 0.5) is 0 Å². The van der Waals surface area contributed by atoms with E-state index in [0.29, 0.717) is 6.42 Å². The minimum atomic E-state index is -0.298. The second-order valence-corrected chi connectivity index (χ2v) is 2.34. The van der Waals surface area contributed by atoms with Crippen LogP contribution in [0.25, 0.3) is 0 Å². The maximum atomic E-state index is 10.8. The Morgan fingerprint density at radius 2 is 2.25 bits per heavy atom. The summed E-state index contributed by atoms with van der Waals surface area (Å²) in [6, 6.07) is 3.36. The van der Waals surface area contributed by atoms with Crippen LogP contribution in [0.1, 0.15) is 19.0 Å². The highest BCUT2D eigenvalue weighted by atomic mass is 16.5. The number of aryl methyl sites for hydroxylation is 1. The molecule has 0 aliphatic rings. The van der Waals surface area contributed by atoms with E-state index in [-0.39, 0.29) is 11.8 Å². The molecule has 0 radical (unpaired) electrons. The van der Waals surface area contributed by atoms with Crippen LogP contribution in [-0.4, -0.2) is 16.2 Å². The number of carbonyl (C=O) groups is 1. The van der Waals surface area contributed by atoms with Gasteiger partial charge in [-0.25, -0.2) is 0 Å². The van der Waals surface area contributed by atoms with Gasteiger partial charge in [0.25, 0.3) is 0 Å². The fourth-order valence-corrected chi connectivity index (χ4v) is 0.630. The molecule has 0 aromatic carbocycles. The topological polar surface area (TPSA) is 52.1 Å². The first kappa shape index (κ1) is 8.64. The van der Waals surface area contributed by atoms with E-state index in [1.54, 1.807) is 19.1 Å². The third-order valence-corrected chi connectivity index (χ3v) is 1.28. The van der Waals surface area contributed by atoms with Crippen molar-refractivity contribution < 1.29 is 9.53 Å². The monoisotopic (exact) mass is 166 g/mol. The van der Waals surface area contributed by atoms with Crippen LogP contribution in [0.5, 0.6) is 5.88 Å². The molecule has 1 rings (SSSR count). The van der Waals surface area contributed by atoms with E-state index >= 15 is 0 Å². The molecule has 0 amide bonds. The molecule has 0 aliphatic carbocycles. The second-order valence-electron chi connectivity index (χ2n) is 2.34. The summed E-state index contributed by atoms with van der Waals surface area (Å²) >= 11 is 0. The molecular weight excluding hydrogens is 156 g/mol. The minimum absolute atomic E-state index is 0.257. The molecule has 0 unspecified atom stereocenters. The first-order valence-corrected chi connectivity index (χ1v) is 3.73. The number of esters is 1. The highest BCUT2D eigenvalue weighted by molar-refractivity contribution is 5.71. The third-order valence-electron chi connectivity index (χ3n) is 1.28. The highest BCUT2D eigenvalue weighted by Crippen LogP contribution is 2.04. The van der Waals surface area contributed by atoms with E-state index in [2.05, 4.69) is 10.2 Å². The van der Waals surface area contributed by atoms with Crippen LogP contribution in [0.3, 0.4) is 0 Å². The van der Waals surface area contributed by atoms with Gasteiger partial charge in [-0.3, -0.25) is 4.79 Å². The zero-order valence-corrected chi connectivity index (χ0v) is 7.07. The second kappa shape index (κ2) is 3.80. The van der Waals surface area contributed by atoms with Crippen molar-refractivity contribution in [1.82, 2.24) is 10.2 Å². The van der Waals surface area contributed by atoms with Gasteiger partial charge in [0.2, 0.25) is 5.88 Å². The predicted molar refractivity (Wildman–Crippen MR) is 42.7 cm³/mol. The Kier molecular flexibility index (Phi) is 2.74. The van der Waals surface area contributed by atoms with Gasteiger partial charge in [-0.2, -0.15) is 5.10 Å². The number of aromatic nitrogens is 2. The normalized spacial score (nSPS) is 9.50. The average Bonchev–Trinajstić information content (AvgIpc) is 2.09. The van der Waals surface area contributed by atoms with E-state index in [1.165, 1.54) is 0 Å². The van der Waals surface area contributed by atoms with Crippen molar-refractivity contribution in [2.75, 3.05) is 0 Å². The van der Waals surface area contributed by atoms with Crippen LogP contribution in [0.15, 0.2) is 12.1 Å². The number of ether oxygens (including phenoxy) is 1. The summed E-state index contributed by atoms with van der Waals surface area (Å²) in [5.74, 6) is -0.0411. The van der Waals surface area contributed by atoms with Gasteiger partial charge in [0, 0.05) is 12.5 Å². The van der Waals surface area contributed by atoms with Gasteiger partial charge in [0.1, 0.15) is 0 Å². The lowest BCUT2D eigenvalue weighted by atomic mass is 10.4. The first-order chi connectivity index (χ1) is 5.72. The van der Waals surface area contributed by atoms with Crippen molar-refractivity contribution in [3.8, 4) is 5.88 Å². The molecule has 0 saturated heterocycles. The highest BCUT2D eigenvalue weighted by Gasteiger charge is 2.01. The largest absolute Gasteiger partial charge is 0.406 e. The van der Waals surface area contributed by atoms with Gasteiger partial charge in [-0.05, 0) is 13.0 Å². The van der Waals surface area contributed by atoms with Crippen molar-refractivity contribution in [2.24, 2.45) is 0 Å². The Morgan fingerprint density at radius 3 is 2.75 bits per heavy atom. The quantitative estimate of drug-likeness (QED) is 0.617. The number of hydrogen-bond acceptors (Lipinski definition) is 4. The molecule has 0 aliphatic heterocycles. The third kappa shape index (κ3) is 2.30. The van der Waals surface area contributed by atoms with E-state index < -0.39 is 0 Å². The summed E-state index contributed by atoms with van der Waals surface area (Å²) in [5.41, 5.74) is 0.797. The van der Waals surface area contributed by atoms with Crippen LogP contribution >= 0.6 is 0 Å². The van der Waals surface area contributed by atoms with Crippen molar-refractivity contribution >= 4 is 5.97 Å². The summed E-state index contributed by atoms with van der Waals surface area (Å²) in [6.45, 7) is 3.54. The average molecular weight is 166 g/mol. The molecule has 0 atom stereocenters. The van der Waals surface area contributed by atoms with Crippen LogP contribution in [-0.2, 0) is 4.79 Å². The molecule has 0 N–H and O–H groups in total. The lowest BCUT2D eigenvalue weighted by Crippen LogP contribution is -2.07. The Bertz CT molecular complexity index is 269. The molecule has 4 nitrogen and oxygen atoms in total. The Balaban J connectivity index is 2.64. The molecular formula is C8H10N2O2. The molecule has 1 aromatic rings. The first-order valence-electron chi connectivity index (χ1n) is 3.73. The Hall–Kier alpha value is -1.45. The smallest absolute Gasteiger partial charge is 0.312 e. The van der Waals surface area contributed by atoms with Gasteiger partial charge in [0.05, 0.1) is 5.69 Å². The molecule has 0 spiro atoms. The number of hydrogen-bond donors (Lipinski definition) is 0. The SMILES string of the molecule is CCC(=O)Oc1ccc(C)nn1. The molecule has 0 bridgehead atoms. The van der Waals surface area contributed by atoms with E-state index in [1.807, 2.05) is 6.92 Å². The van der Waals surface area contributed by atoms with Crippen molar-refractivity contribution in [3.63, 3.8) is 0 Å². The molecule has 0 fully saturated rings. The fraction of sp³-hybridized carbons (Fsp3) is 0.375. The molecule has 1 heterocycles. The van der Waals surface area contributed by atoms with Crippen molar-refractivity contribution in [3.05, 3.63) is 17.8 Å².